The summed E-state index contributed by atoms with van der Waals surface area (Å²) in [6, 6.07) is 10.1. The van der Waals surface area contributed by atoms with Gasteiger partial charge in [-0.1, -0.05) is 12.1 Å². The normalized spacial score (nSPS) is 10.2. The molecule has 0 saturated carbocycles. The van der Waals surface area contributed by atoms with Gasteiger partial charge in [0.2, 0.25) is 0 Å². The van der Waals surface area contributed by atoms with Crippen molar-refractivity contribution in [3.63, 3.8) is 0 Å². The molecule has 0 aliphatic heterocycles. The van der Waals surface area contributed by atoms with Gasteiger partial charge in [-0.25, -0.2) is 0 Å². The fourth-order valence-corrected chi connectivity index (χ4v) is 1.90. The van der Waals surface area contributed by atoms with E-state index in [2.05, 4.69) is 0 Å². The fourth-order valence-electron chi connectivity index (χ4n) is 1.90. The monoisotopic (exact) mass is 260 g/mol. The Morgan fingerprint density at radius 3 is 2.26 bits per heavy atom. The van der Waals surface area contributed by atoms with Gasteiger partial charge in [-0.2, -0.15) is 0 Å². The Morgan fingerprint density at radius 2 is 1.63 bits per heavy atom. The van der Waals surface area contributed by atoms with E-state index in [9.17, 15) is 10.2 Å². The topological polar surface area (TPSA) is 58.9 Å². The van der Waals surface area contributed by atoms with Crippen molar-refractivity contribution in [2.24, 2.45) is 0 Å². The van der Waals surface area contributed by atoms with Gasteiger partial charge in [0.1, 0.15) is 23.0 Å². The first kappa shape index (κ1) is 13.1. The number of rotatable bonds is 4. The van der Waals surface area contributed by atoms with E-state index in [0.717, 1.165) is 11.1 Å². The lowest BCUT2D eigenvalue weighted by molar-refractivity contribution is 0.402. The molecule has 0 bridgehead atoms. The maximum atomic E-state index is 9.93. The summed E-state index contributed by atoms with van der Waals surface area (Å²) in [5.74, 6) is 1.53. The molecule has 0 unspecified atom stereocenters. The van der Waals surface area contributed by atoms with Crippen molar-refractivity contribution in [3.05, 3.63) is 47.5 Å². The minimum Gasteiger partial charge on any atom is -0.508 e. The zero-order valence-electron chi connectivity index (χ0n) is 10.9. The molecule has 0 spiro atoms. The van der Waals surface area contributed by atoms with Gasteiger partial charge in [-0.15, -0.1) is 0 Å². The van der Waals surface area contributed by atoms with Crippen LogP contribution in [-0.2, 0) is 6.42 Å². The maximum Gasteiger partial charge on any atom is 0.126 e. The van der Waals surface area contributed by atoms with Crippen LogP contribution in [0.15, 0.2) is 36.4 Å². The SMILES string of the molecule is COc1ccc(Cc2ccc(O)cc2OC)c(O)c1. The van der Waals surface area contributed by atoms with E-state index >= 15 is 0 Å². The molecular formula is C15H16O4. The first-order chi connectivity index (χ1) is 9.13. The smallest absolute Gasteiger partial charge is 0.126 e. The highest BCUT2D eigenvalue weighted by Crippen LogP contribution is 2.30. The Labute approximate surface area is 111 Å². The molecule has 2 aromatic carbocycles. The third kappa shape index (κ3) is 2.91. The summed E-state index contributed by atoms with van der Waals surface area (Å²) in [6.07, 6.45) is 0.513. The molecule has 100 valence electrons. The molecule has 4 nitrogen and oxygen atoms in total. The van der Waals surface area contributed by atoms with Crippen LogP contribution in [0.2, 0.25) is 0 Å². The Morgan fingerprint density at radius 1 is 0.895 bits per heavy atom. The zero-order valence-corrected chi connectivity index (χ0v) is 10.9. The van der Waals surface area contributed by atoms with Gasteiger partial charge in [-0.3, -0.25) is 0 Å². The van der Waals surface area contributed by atoms with Gasteiger partial charge in [0.25, 0.3) is 0 Å². The minimum atomic E-state index is 0.152. The van der Waals surface area contributed by atoms with Crippen molar-refractivity contribution in [2.75, 3.05) is 14.2 Å². The summed E-state index contributed by atoms with van der Waals surface area (Å²) in [5.41, 5.74) is 1.66. The Balaban J connectivity index is 2.31. The Kier molecular flexibility index (Phi) is 3.80. The molecule has 0 atom stereocenters. The number of aromatic hydroxyl groups is 2. The number of methoxy groups -OCH3 is 2. The van der Waals surface area contributed by atoms with Crippen LogP contribution in [0.3, 0.4) is 0 Å². The molecular weight excluding hydrogens is 244 g/mol. The first-order valence-corrected chi connectivity index (χ1v) is 5.86. The number of benzene rings is 2. The lowest BCUT2D eigenvalue weighted by Crippen LogP contribution is -1.94. The van der Waals surface area contributed by atoms with Crippen LogP contribution in [0.1, 0.15) is 11.1 Å². The number of hydrogen-bond donors (Lipinski definition) is 2. The summed E-state index contributed by atoms with van der Waals surface area (Å²) in [4.78, 5) is 0. The van der Waals surface area contributed by atoms with Crippen molar-refractivity contribution in [2.45, 2.75) is 6.42 Å². The highest BCUT2D eigenvalue weighted by molar-refractivity contribution is 5.47. The van der Waals surface area contributed by atoms with E-state index < -0.39 is 0 Å². The third-order valence-electron chi connectivity index (χ3n) is 2.94. The van der Waals surface area contributed by atoms with Gasteiger partial charge in [-0.05, 0) is 23.3 Å². The van der Waals surface area contributed by atoms with Crippen LogP contribution in [0.5, 0.6) is 23.0 Å². The lowest BCUT2D eigenvalue weighted by atomic mass is 10.0. The summed E-state index contributed by atoms with van der Waals surface area (Å²) in [5, 5.41) is 19.3. The number of phenols is 2. The average Bonchev–Trinajstić information content (AvgIpc) is 2.42. The molecule has 2 rings (SSSR count). The van der Waals surface area contributed by atoms with Crippen molar-refractivity contribution in [1.82, 2.24) is 0 Å². The van der Waals surface area contributed by atoms with Crippen LogP contribution in [0.4, 0.5) is 0 Å². The van der Waals surface area contributed by atoms with Crippen LogP contribution in [0, 0.1) is 0 Å². The third-order valence-corrected chi connectivity index (χ3v) is 2.94. The molecule has 2 N–H and O–H groups in total. The highest BCUT2D eigenvalue weighted by atomic mass is 16.5. The fraction of sp³-hybridized carbons (Fsp3) is 0.200. The van der Waals surface area contributed by atoms with E-state index in [-0.39, 0.29) is 11.5 Å². The van der Waals surface area contributed by atoms with Gasteiger partial charge in [0.15, 0.2) is 0 Å². The van der Waals surface area contributed by atoms with Crippen LogP contribution in [-0.4, -0.2) is 24.4 Å². The van der Waals surface area contributed by atoms with Gasteiger partial charge in [0.05, 0.1) is 14.2 Å². The molecule has 0 heterocycles. The lowest BCUT2D eigenvalue weighted by Gasteiger charge is -2.11. The molecule has 2 aromatic rings. The summed E-state index contributed by atoms with van der Waals surface area (Å²) in [7, 11) is 3.10. The molecule has 0 saturated heterocycles. The van der Waals surface area contributed by atoms with Gasteiger partial charge >= 0.3 is 0 Å². The number of hydrogen-bond acceptors (Lipinski definition) is 4. The second-order valence-electron chi connectivity index (χ2n) is 4.17. The Hall–Kier alpha value is -2.36. The predicted octanol–water partition coefficient (Wildman–Crippen LogP) is 2.71. The second kappa shape index (κ2) is 5.52. The van der Waals surface area contributed by atoms with Crippen molar-refractivity contribution >= 4 is 0 Å². The molecule has 0 aromatic heterocycles. The Bertz CT molecular complexity index is 578. The van der Waals surface area contributed by atoms with E-state index in [0.29, 0.717) is 17.9 Å². The summed E-state index contributed by atoms with van der Waals surface area (Å²) >= 11 is 0. The molecule has 4 heteroatoms. The molecule has 0 fully saturated rings. The predicted molar refractivity (Wildman–Crippen MR) is 72.1 cm³/mol. The summed E-state index contributed by atoms with van der Waals surface area (Å²) in [6.45, 7) is 0. The molecule has 19 heavy (non-hydrogen) atoms. The minimum absolute atomic E-state index is 0.152. The van der Waals surface area contributed by atoms with Crippen LogP contribution >= 0.6 is 0 Å². The largest absolute Gasteiger partial charge is 0.508 e. The number of ether oxygens (including phenoxy) is 2. The van der Waals surface area contributed by atoms with Gasteiger partial charge in [0, 0.05) is 18.6 Å². The molecule has 0 aliphatic rings. The van der Waals surface area contributed by atoms with Crippen LogP contribution < -0.4 is 9.47 Å². The van der Waals surface area contributed by atoms with E-state index in [1.54, 1.807) is 50.6 Å². The molecule has 0 aliphatic carbocycles. The molecule has 0 radical (unpaired) electrons. The van der Waals surface area contributed by atoms with Crippen molar-refractivity contribution in [3.8, 4) is 23.0 Å². The first-order valence-electron chi connectivity index (χ1n) is 5.86. The maximum absolute atomic E-state index is 9.93. The van der Waals surface area contributed by atoms with Crippen molar-refractivity contribution < 1.29 is 19.7 Å². The standard InChI is InChI=1S/C15H16O4/c1-18-13-6-4-10(14(17)9-13)7-11-3-5-12(16)8-15(11)19-2/h3-6,8-9,16-17H,7H2,1-2H3. The van der Waals surface area contributed by atoms with Gasteiger partial charge < -0.3 is 19.7 Å². The van der Waals surface area contributed by atoms with Crippen molar-refractivity contribution in [1.29, 1.82) is 0 Å². The quantitative estimate of drug-likeness (QED) is 0.887. The summed E-state index contributed by atoms with van der Waals surface area (Å²) < 4.78 is 10.3. The zero-order chi connectivity index (χ0) is 13.8. The highest BCUT2D eigenvalue weighted by Gasteiger charge is 2.09. The number of phenolic OH excluding ortho intramolecular Hbond substituents is 2. The van der Waals surface area contributed by atoms with Crippen LogP contribution in [0.25, 0.3) is 0 Å². The van der Waals surface area contributed by atoms with E-state index in [1.165, 1.54) is 0 Å². The van der Waals surface area contributed by atoms with E-state index in [4.69, 9.17) is 9.47 Å². The van der Waals surface area contributed by atoms with E-state index in [1.807, 2.05) is 0 Å². The average molecular weight is 260 g/mol. The second-order valence-corrected chi connectivity index (χ2v) is 4.17. The molecule has 0 amide bonds.